The number of hydrogen-bond donors (Lipinski definition) is 0. The molecule has 6 aromatic rings. The van der Waals surface area contributed by atoms with Crippen LogP contribution in [0, 0.1) is 12.7 Å². The van der Waals surface area contributed by atoms with Crippen LogP contribution in [0.2, 0.25) is 0 Å². The molecule has 6 heterocycles. The maximum absolute atomic E-state index is 4.94. The molecule has 6 rings (SSSR count). The monoisotopic (exact) mass is 625 g/mol. The molecular weight excluding hydrogens is 607 g/mol. The second-order valence-electron chi connectivity index (χ2n) is 8.21. The first-order valence-electron chi connectivity index (χ1n) is 10.5. The van der Waals surface area contributed by atoms with E-state index in [1.54, 1.807) is 24.8 Å². The van der Waals surface area contributed by atoms with Gasteiger partial charge >= 0.3 is 21.1 Å². The summed E-state index contributed by atoms with van der Waals surface area (Å²) in [6.45, 7) is 4.22. The topological polar surface area (TPSA) is 87.2 Å². The zero-order valence-electron chi connectivity index (χ0n) is 18.3. The zero-order chi connectivity index (χ0) is 22.4. The Morgan fingerprint density at radius 2 is 1.15 bits per heavy atom. The summed E-state index contributed by atoms with van der Waals surface area (Å²) < 4.78 is 3.65. The van der Waals surface area contributed by atoms with Crippen molar-refractivity contribution in [1.82, 2.24) is 39.0 Å². The molecule has 0 spiro atoms. The van der Waals surface area contributed by atoms with Gasteiger partial charge in [-0.3, -0.25) is 19.9 Å². The van der Waals surface area contributed by atoms with Crippen LogP contribution in [0.3, 0.4) is 0 Å². The fourth-order valence-corrected chi connectivity index (χ4v) is 3.88. The maximum Gasteiger partial charge on any atom is 2.00 e. The minimum Gasteiger partial charge on any atom is -0.410 e. The first-order chi connectivity index (χ1) is 16.1. The standard InChI is InChI=1S/C25H18N8.Pt/c1-25(2,21-5-3-7-23(30-21)32-15-28-17-9-11-26-13-19(17)32)22-6-4-8-24(31-22)33-16-29-18-10-12-27-14-20(18)33;/h3-14H,1-2H3;/q-2;+2. The van der Waals surface area contributed by atoms with Crippen molar-refractivity contribution in [2.45, 2.75) is 19.3 Å². The molecule has 0 N–H and O–H groups in total. The summed E-state index contributed by atoms with van der Waals surface area (Å²) >= 11 is 0. The number of rotatable bonds is 4. The minimum absolute atomic E-state index is 0. The minimum atomic E-state index is -0.463. The zero-order valence-corrected chi connectivity index (χ0v) is 20.6. The Labute approximate surface area is 210 Å². The van der Waals surface area contributed by atoms with E-state index in [9.17, 15) is 0 Å². The molecule has 0 fully saturated rings. The van der Waals surface area contributed by atoms with E-state index in [1.165, 1.54) is 0 Å². The quantitative estimate of drug-likeness (QED) is 0.277. The smallest absolute Gasteiger partial charge is 0.410 e. The van der Waals surface area contributed by atoms with Gasteiger partial charge in [-0.05, 0) is 48.0 Å². The van der Waals surface area contributed by atoms with Crippen molar-refractivity contribution in [2.24, 2.45) is 0 Å². The van der Waals surface area contributed by atoms with Crippen molar-refractivity contribution in [1.29, 1.82) is 0 Å². The number of fused-ring (bicyclic) bond motifs is 2. The summed E-state index contributed by atoms with van der Waals surface area (Å²) in [4.78, 5) is 27.0. The van der Waals surface area contributed by atoms with E-state index in [4.69, 9.17) is 9.97 Å². The van der Waals surface area contributed by atoms with Crippen LogP contribution in [0.5, 0.6) is 0 Å². The molecule has 0 saturated heterocycles. The van der Waals surface area contributed by atoms with Gasteiger partial charge in [-0.25, -0.2) is 0 Å². The van der Waals surface area contributed by atoms with Crippen LogP contribution in [-0.2, 0) is 26.5 Å². The fourth-order valence-electron chi connectivity index (χ4n) is 3.88. The molecule has 168 valence electrons. The molecule has 6 aromatic heterocycles. The molecule has 8 nitrogen and oxygen atoms in total. The van der Waals surface area contributed by atoms with E-state index in [0.717, 1.165) is 45.1 Å². The number of hydrogen-bond acceptors (Lipinski definition) is 6. The Morgan fingerprint density at radius 3 is 1.62 bits per heavy atom. The molecule has 0 unspecified atom stereocenters. The van der Waals surface area contributed by atoms with E-state index in [0.29, 0.717) is 0 Å². The Balaban J connectivity index is 0.00000241. The first-order valence-corrected chi connectivity index (χ1v) is 10.5. The molecule has 9 heteroatoms. The van der Waals surface area contributed by atoms with Gasteiger partial charge < -0.3 is 19.1 Å². The third kappa shape index (κ3) is 3.60. The fraction of sp³-hybridized carbons (Fsp3) is 0.120. The van der Waals surface area contributed by atoms with E-state index in [1.807, 2.05) is 57.7 Å². The van der Waals surface area contributed by atoms with Gasteiger partial charge in [-0.15, -0.1) is 0 Å². The van der Waals surface area contributed by atoms with Crippen LogP contribution in [0.4, 0.5) is 0 Å². The van der Waals surface area contributed by atoms with Crippen molar-refractivity contribution in [3.63, 3.8) is 0 Å². The third-order valence-corrected chi connectivity index (χ3v) is 5.79. The number of aromatic nitrogens is 8. The largest absolute Gasteiger partial charge is 2.00 e. The summed E-state index contributed by atoms with van der Waals surface area (Å²) in [5, 5.41) is 0. The van der Waals surface area contributed by atoms with Crippen LogP contribution in [0.1, 0.15) is 25.2 Å². The van der Waals surface area contributed by atoms with Gasteiger partial charge in [0.05, 0.1) is 11.6 Å². The molecule has 0 atom stereocenters. The van der Waals surface area contributed by atoms with Gasteiger partial charge in [-0.2, -0.15) is 0 Å². The molecule has 0 amide bonds. The number of nitrogens with zero attached hydrogens (tertiary/aromatic N) is 8. The van der Waals surface area contributed by atoms with E-state index in [-0.39, 0.29) is 21.1 Å². The van der Waals surface area contributed by atoms with Crippen LogP contribution < -0.4 is 0 Å². The Hall–Kier alpha value is -3.77. The molecule has 0 radical (unpaired) electrons. The maximum atomic E-state index is 4.94. The van der Waals surface area contributed by atoms with Crippen molar-refractivity contribution in [2.75, 3.05) is 0 Å². The summed E-state index contributed by atoms with van der Waals surface area (Å²) in [7, 11) is 0. The van der Waals surface area contributed by atoms with Gasteiger partial charge in [0.25, 0.3) is 0 Å². The normalized spacial score (nSPS) is 11.6. The predicted molar refractivity (Wildman–Crippen MR) is 123 cm³/mol. The second kappa shape index (κ2) is 8.54. The van der Waals surface area contributed by atoms with Crippen molar-refractivity contribution < 1.29 is 21.1 Å². The first kappa shape index (κ1) is 22.0. The van der Waals surface area contributed by atoms with Crippen LogP contribution in [0.25, 0.3) is 33.7 Å². The summed E-state index contributed by atoms with van der Waals surface area (Å²) in [5.74, 6) is 1.46. The van der Waals surface area contributed by atoms with Crippen molar-refractivity contribution >= 4 is 22.1 Å². The van der Waals surface area contributed by atoms with Gasteiger partial charge in [0.15, 0.2) is 0 Å². The Kier molecular flexibility index (Phi) is 5.54. The van der Waals surface area contributed by atoms with Crippen LogP contribution in [0.15, 0.2) is 73.3 Å². The second-order valence-corrected chi connectivity index (χ2v) is 8.21. The summed E-state index contributed by atoms with van der Waals surface area (Å²) in [6.07, 6.45) is 13.0. The summed E-state index contributed by atoms with van der Waals surface area (Å²) in [6, 6.07) is 15.6. The van der Waals surface area contributed by atoms with E-state index in [2.05, 4.69) is 46.4 Å². The average Bonchev–Trinajstić information content (AvgIpc) is 3.49. The van der Waals surface area contributed by atoms with Gasteiger partial charge in [0.1, 0.15) is 0 Å². The predicted octanol–water partition coefficient (Wildman–Crippen LogP) is 3.87. The molecule has 0 bridgehead atoms. The number of imidazole rings is 2. The van der Waals surface area contributed by atoms with E-state index < -0.39 is 5.41 Å². The summed E-state index contributed by atoms with van der Waals surface area (Å²) in [5.41, 5.74) is 4.66. The molecular formula is C25H18N8Pt. The molecule has 0 aliphatic heterocycles. The van der Waals surface area contributed by atoms with Crippen molar-refractivity contribution in [3.8, 4) is 11.6 Å². The third-order valence-electron chi connectivity index (χ3n) is 5.79. The van der Waals surface area contributed by atoms with Gasteiger partial charge in [0.2, 0.25) is 0 Å². The molecule has 0 aliphatic carbocycles. The molecule has 0 saturated carbocycles. The SMILES string of the molecule is CC(C)(c1cccc(-n2[c-]nc3ccncc32)n1)c1cccc(-n2[c-]nc3ccncc32)n1.[Pt+2]. The van der Waals surface area contributed by atoms with Gasteiger partial charge in [0, 0.05) is 54.2 Å². The Bertz CT molecular complexity index is 1500. The van der Waals surface area contributed by atoms with Crippen LogP contribution in [-0.4, -0.2) is 39.0 Å². The molecule has 0 aliphatic rings. The average molecular weight is 626 g/mol. The Morgan fingerprint density at radius 1 is 0.676 bits per heavy atom. The number of pyridine rings is 4. The van der Waals surface area contributed by atoms with Crippen LogP contribution >= 0.6 is 0 Å². The molecule has 0 aromatic carbocycles. The van der Waals surface area contributed by atoms with Gasteiger partial charge in [-0.1, -0.05) is 36.4 Å². The van der Waals surface area contributed by atoms with E-state index >= 15 is 0 Å². The van der Waals surface area contributed by atoms with Crippen molar-refractivity contribution in [3.05, 3.63) is 97.4 Å². The molecule has 34 heavy (non-hydrogen) atoms.